The molecule has 0 spiro atoms. The first kappa shape index (κ1) is 21.7. The fraction of sp³-hybridized carbons (Fsp3) is 0.190. The molecule has 158 valence electrons. The minimum absolute atomic E-state index is 0.0505. The van der Waals surface area contributed by atoms with Gasteiger partial charge in [0.1, 0.15) is 11.4 Å². The zero-order chi connectivity index (χ0) is 22.1. The van der Waals surface area contributed by atoms with Crippen molar-refractivity contribution in [2.75, 3.05) is 11.8 Å². The number of methoxy groups -OCH3 is 1. The Bertz CT molecular complexity index is 1200. The van der Waals surface area contributed by atoms with Crippen LogP contribution in [0.2, 0.25) is 0 Å². The van der Waals surface area contributed by atoms with Crippen molar-refractivity contribution in [3.05, 3.63) is 59.2 Å². The lowest BCUT2D eigenvalue weighted by molar-refractivity contribution is 0.146. The Morgan fingerprint density at radius 1 is 1.07 bits per heavy atom. The van der Waals surface area contributed by atoms with E-state index in [2.05, 4.69) is 4.72 Å². The van der Waals surface area contributed by atoms with Crippen molar-refractivity contribution in [2.24, 2.45) is 0 Å². The summed E-state index contributed by atoms with van der Waals surface area (Å²) in [6, 6.07) is 12.4. The summed E-state index contributed by atoms with van der Waals surface area (Å²) in [6.45, 7) is 5.17. The first-order valence-corrected chi connectivity index (χ1v) is 11.2. The van der Waals surface area contributed by atoms with E-state index in [1.54, 1.807) is 32.9 Å². The number of thiophene rings is 1. The molecule has 7 nitrogen and oxygen atoms in total. The number of nitrogens with one attached hydrogen (secondary N) is 1. The maximum atomic E-state index is 13.2. The van der Waals surface area contributed by atoms with Gasteiger partial charge in [-0.2, -0.15) is 0 Å². The number of hydrogen-bond acceptors (Lipinski definition) is 6. The van der Waals surface area contributed by atoms with Gasteiger partial charge in [0, 0.05) is 4.88 Å². The average molecular weight is 448 g/mol. The second kappa shape index (κ2) is 8.37. The van der Waals surface area contributed by atoms with Crippen LogP contribution in [0.3, 0.4) is 0 Å². The van der Waals surface area contributed by atoms with Crippen LogP contribution >= 0.6 is 11.3 Å². The summed E-state index contributed by atoms with van der Waals surface area (Å²) in [4.78, 5) is 11.9. The van der Waals surface area contributed by atoms with E-state index in [-0.39, 0.29) is 15.6 Å². The van der Waals surface area contributed by atoms with Gasteiger partial charge in [-0.05, 0) is 55.2 Å². The maximum absolute atomic E-state index is 13.2. The van der Waals surface area contributed by atoms with E-state index in [0.29, 0.717) is 27.3 Å². The Morgan fingerprint density at radius 2 is 1.73 bits per heavy atom. The molecule has 2 N–H and O–H groups in total. The molecule has 0 amide bonds. The molecule has 0 atom stereocenters. The third-order valence-electron chi connectivity index (χ3n) is 4.65. The highest BCUT2D eigenvalue weighted by Gasteiger charge is 2.26. The topological polar surface area (TPSA) is 102 Å². The van der Waals surface area contributed by atoms with Gasteiger partial charge in [-0.3, -0.25) is 4.72 Å². The van der Waals surface area contributed by atoms with E-state index in [1.165, 1.54) is 7.11 Å². The van der Waals surface area contributed by atoms with E-state index in [4.69, 9.17) is 14.6 Å². The fourth-order valence-electron chi connectivity index (χ4n) is 3.19. The minimum Gasteiger partial charge on any atom is -0.496 e. The van der Waals surface area contributed by atoms with Crippen molar-refractivity contribution in [1.82, 2.24) is 0 Å². The Labute approximate surface area is 179 Å². The number of hydrogen-bond donors (Lipinski definition) is 2. The third kappa shape index (κ3) is 4.27. The van der Waals surface area contributed by atoms with Crippen LogP contribution < -0.4 is 14.2 Å². The summed E-state index contributed by atoms with van der Waals surface area (Å²) < 4.78 is 39.1. The molecule has 0 bridgehead atoms. The Morgan fingerprint density at radius 3 is 2.33 bits per heavy atom. The quantitative estimate of drug-likeness (QED) is 0.503. The van der Waals surface area contributed by atoms with Gasteiger partial charge in [0.05, 0.1) is 12.0 Å². The third-order valence-corrected chi connectivity index (χ3v) is 7.36. The van der Waals surface area contributed by atoms with Crippen LogP contribution in [0.5, 0.6) is 10.8 Å². The van der Waals surface area contributed by atoms with Gasteiger partial charge in [-0.25, -0.2) is 13.2 Å². The first-order valence-electron chi connectivity index (χ1n) is 8.91. The summed E-state index contributed by atoms with van der Waals surface area (Å²) in [7, 11) is -2.49. The molecule has 0 aliphatic carbocycles. The predicted molar refractivity (Wildman–Crippen MR) is 116 cm³/mol. The van der Waals surface area contributed by atoms with Gasteiger partial charge in [-0.15, -0.1) is 0 Å². The van der Waals surface area contributed by atoms with Gasteiger partial charge >= 0.3 is 6.16 Å². The zero-order valence-electron chi connectivity index (χ0n) is 16.8. The lowest BCUT2D eigenvalue weighted by Gasteiger charge is -2.17. The number of anilines is 1. The summed E-state index contributed by atoms with van der Waals surface area (Å²) in [5, 5.41) is 9.01. The minimum atomic E-state index is -4.02. The number of ether oxygens (including phenoxy) is 2. The number of aryl methyl sites for hydroxylation is 1. The Hall–Kier alpha value is -3.04. The largest absolute Gasteiger partial charge is 0.512 e. The Kier molecular flexibility index (Phi) is 6.04. The smallest absolute Gasteiger partial charge is 0.496 e. The molecule has 0 saturated carbocycles. The van der Waals surface area contributed by atoms with Gasteiger partial charge in [0.25, 0.3) is 10.0 Å². The summed E-state index contributed by atoms with van der Waals surface area (Å²) in [6.07, 6.45) is -1.52. The predicted octanol–water partition coefficient (Wildman–Crippen LogP) is 5.21. The molecule has 1 heterocycles. The number of carboxylic acid groups (broad SMARTS) is 1. The molecule has 0 unspecified atom stereocenters. The van der Waals surface area contributed by atoms with E-state index >= 15 is 0 Å². The second-order valence-electron chi connectivity index (χ2n) is 6.63. The first-order chi connectivity index (χ1) is 14.1. The van der Waals surface area contributed by atoms with E-state index in [1.807, 2.05) is 30.3 Å². The zero-order valence-corrected chi connectivity index (χ0v) is 18.5. The van der Waals surface area contributed by atoms with Crippen LogP contribution in [0.1, 0.15) is 16.7 Å². The van der Waals surface area contributed by atoms with Gasteiger partial charge < -0.3 is 14.6 Å². The standard InChI is InChI=1S/C21H21NO6S2/c1-12-10-17(27-4)13(2)14(3)19(12)30(25,26)22-16-11-18(15-8-6-5-7-9-15)29-20(16)28-21(23)24/h5-11,22H,1-4H3,(H,23,24). The monoisotopic (exact) mass is 447 g/mol. The molecular formula is C21H21NO6S2. The highest BCUT2D eigenvalue weighted by atomic mass is 32.2. The van der Waals surface area contributed by atoms with Crippen LogP contribution in [0.25, 0.3) is 10.4 Å². The number of sulfonamides is 1. The van der Waals surface area contributed by atoms with Crippen LogP contribution in [0.15, 0.2) is 47.4 Å². The molecule has 0 radical (unpaired) electrons. The summed E-state index contributed by atoms with van der Waals surface area (Å²) in [5.41, 5.74) is 2.66. The van der Waals surface area contributed by atoms with Crippen LogP contribution in [0.4, 0.5) is 10.5 Å². The molecule has 30 heavy (non-hydrogen) atoms. The molecule has 0 aliphatic rings. The van der Waals surface area contributed by atoms with Crippen molar-refractivity contribution in [1.29, 1.82) is 0 Å². The highest BCUT2D eigenvalue weighted by molar-refractivity contribution is 7.92. The second-order valence-corrected chi connectivity index (χ2v) is 9.26. The lowest BCUT2D eigenvalue weighted by atomic mass is 10.1. The molecule has 1 aromatic heterocycles. The van der Waals surface area contributed by atoms with Crippen molar-refractivity contribution in [2.45, 2.75) is 25.7 Å². The van der Waals surface area contributed by atoms with E-state index < -0.39 is 16.2 Å². The molecule has 3 aromatic rings. The lowest BCUT2D eigenvalue weighted by Crippen LogP contribution is -2.17. The molecular weight excluding hydrogens is 426 g/mol. The number of rotatable bonds is 6. The number of carbonyl (C=O) groups is 1. The molecule has 3 rings (SSSR count). The van der Waals surface area contributed by atoms with Crippen molar-refractivity contribution < 1.29 is 27.8 Å². The van der Waals surface area contributed by atoms with Crippen LogP contribution in [-0.4, -0.2) is 26.8 Å². The van der Waals surface area contributed by atoms with Gasteiger partial charge in [-0.1, -0.05) is 41.7 Å². The van der Waals surface area contributed by atoms with E-state index in [0.717, 1.165) is 16.9 Å². The molecule has 0 aliphatic heterocycles. The normalized spacial score (nSPS) is 11.2. The van der Waals surface area contributed by atoms with Crippen LogP contribution in [0, 0.1) is 20.8 Å². The number of benzene rings is 2. The Balaban J connectivity index is 2.08. The van der Waals surface area contributed by atoms with Crippen molar-refractivity contribution in [3.8, 4) is 21.3 Å². The molecule has 0 saturated heterocycles. The van der Waals surface area contributed by atoms with E-state index in [9.17, 15) is 13.2 Å². The summed E-state index contributed by atoms with van der Waals surface area (Å²) in [5.74, 6) is 0.598. The molecule has 2 aromatic carbocycles. The van der Waals surface area contributed by atoms with Gasteiger partial charge in [0.15, 0.2) is 0 Å². The summed E-state index contributed by atoms with van der Waals surface area (Å²) >= 11 is 1.04. The SMILES string of the molecule is COc1cc(C)c(S(=O)(=O)Nc2cc(-c3ccccc3)sc2OC(=O)O)c(C)c1C. The molecule has 9 heteroatoms. The van der Waals surface area contributed by atoms with Crippen LogP contribution in [-0.2, 0) is 10.0 Å². The fourth-order valence-corrected chi connectivity index (χ4v) is 5.80. The average Bonchev–Trinajstić information content (AvgIpc) is 3.06. The van der Waals surface area contributed by atoms with Crippen molar-refractivity contribution in [3.63, 3.8) is 0 Å². The van der Waals surface area contributed by atoms with Crippen molar-refractivity contribution >= 4 is 33.2 Å². The maximum Gasteiger partial charge on any atom is 0.512 e. The highest BCUT2D eigenvalue weighted by Crippen LogP contribution is 2.42. The van der Waals surface area contributed by atoms with Gasteiger partial charge in [0.2, 0.25) is 5.06 Å². The molecule has 0 fully saturated rings.